The summed E-state index contributed by atoms with van der Waals surface area (Å²) in [6.45, 7) is 3.14. The van der Waals surface area contributed by atoms with Gasteiger partial charge in [0.2, 0.25) is 0 Å². The molecule has 0 heterocycles. The van der Waals surface area contributed by atoms with Crippen LogP contribution >= 0.6 is 0 Å². The molecule has 0 spiro atoms. The molecule has 0 unspecified atom stereocenters. The molecule has 2 N–H and O–H groups in total. The van der Waals surface area contributed by atoms with Crippen LogP contribution in [-0.2, 0) is 0 Å². The first-order chi connectivity index (χ1) is 6.41. The summed E-state index contributed by atoms with van der Waals surface area (Å²) >= 11 is 0. The van der Waals surface area contributed by atoms with Crippen molar-refractivity contribution in [2.24, 2.45) is 5.73 Å². The van der Waals surface area contributed by atoms with Crippen molar-refractivity contribution >= 4 is 23.7 Å². The van der Waals surface area contributed by atoms with Crippen molar-refractivity contribution in [1.29, 1.82) is 0 Å². The van der Waals surface area contributed by atoms with Gasteiger partial charge < -0.3 is 5.73 Å². The van der Waals surface area contributed by atoms with Gasteiger partial charge in [0.1, 0.15) is 0 Å². The van der Waals surface area contributed by atoms with Gasteiger partial charge in [0.25, 0.3) is 0 Å². The third kappa shape index (κ3) is 15.2. The molecule has 0 aliphatic rings. The summed E-state index contributed by atoms with van der Waals surface area (Å²) in [5.74, 6) is 0. The average Bonchev–Trinajstić information content (AvgIpc) is 2.16. The summed E-state index contributed by atoms with van der Waals surface area (Å²) in [6.07, 6.45) is 13.9. The fourth-order valence-electron chi connectivity index (χ4n) is 1.63. The maximum absolute atomic E-state index is 5.42. The molecular formula is C12H27NTe. The van der Waals surface area contributed by atoms with Crippen LogP contribution in [0.4, 0.5) is 0 Å². The minimum Gasteiger partial charge on any atom is -0.330 e. The van der Waals surface area contributed by atoms with Gasteiger partial charge in [-0.25, -0.2) is 0 Å². The molecule has 0 atom stereocenters. The molecule has 1 nitrogen and oxygen atoms in total. The van der Waals surface area contributed by atoms with E-state index in [4.69, 9.17) is 5.73 Å². The number of hydrogen-bond acceptors (Lipinski definition) is 1. The SMILES string of the molecule is CCCCCCCCCCCCN.[Te]. The van der Waals surface area contributed by atoms with Crippen molar-refractivity contribution in [3.05, 3.63) is 0 Å². The Bertz CT molecular complexity index is 76.4. The van der Waals surface area contributed by atoms with Crippen molar-refractivity contribution in [2.75, 3.05) is 6.54 Å². The topological polar surface area (TPSA) is 26.0 Å². The number of hydrogen-bond donors (Lipinski definition) is 1. The number of rotatable bonds is 10. The Kier molecular flexibility index (Phi) is 19.8. The van der Waals surface area contributed by atoms with Gasteiger partial charge >= 0.3 is 0 Å². The molecule has 0 aliphatic carbocycles. The van der Waals surface area contributed by atoms with E-state index in [-0.39, 0.29) is 23.7 Å². The molecular weight excluding hydrogens is 286 g/mol. The molecule has 0 saturated carbocycles. The largest absolute Gasteiger partial charge is 0.330 e. The third-order valence-corrected chi connectivity index (χ3v) is 2.56. The standard InChI is InChI=1S/C12H27N.Te/c1-2-3-4-5-6-7-8-9-10-11-12-13;/h2-13H2,1H3;. The first kappa shape index (κ1) is 17.2. The van der Waals surface area contributed by atoms with Crippen LogP contribution in [0.5, 0.6) is 0 Å². The number of nitrogens with two attached hydrogens (primary N) is 1. The molecule has 0 aromatic heterocycles. The zero-order chi connectivity index (χ0) is 9.78. The summed E-state index contributed by atoms with van der Waals surface area (Å²) in [6, 6.07) is 0. The van der Waals surface area contributed by atoms with Gasteiger partial charge in [-0.1, -0.05) is 64.7 Å². The van der Waals surface area contributed by atoms with E-state index in [9.17, 15) is 0 Å². The monoisotopic (exact) mass is 315 g/mol. The molecule has 86 valence electrons. The fraction of sp³-hybridized carbons (Fsp3) is 1.00. The quantitative estimate of drug-likeness (QED) is 0.485. The van der Waals surface area contributed by atoms with Crippen molar-refractivity contribution in [3.63, 3.8) is 0 Å². The van der Waals surface area contributed by atoms with E-state index < -0.39 is 0 Å². The molecule has 0 aromatic rings. The van der Waals surface area contributed by atoms with Crippen molar-refractivity contribution in [2.45, 2.75) is 71.1 Å². The summed E-state index contributed by atoms with van der Waals surface area (Å²) in [5, 5.41) is 0. The van der Waals surface area contributed by atoms with E-state index in [1.54, 1.807) is 0 Å². The molecule has 14 heavy (non-hydrogen) atoms. The van der Waals surface area contributed by atoms with Crippen LogP contribution in [0.2, 0.25) is 0 Å². The van der Waals surface area contributed by atoms with Crippen LogP contribution in [0.25, 0.3) is 0 Å². The average molecular weight is 313 g/mol. The smallest absolute Gasteiger partial charge is 0 e. The van der Waals surface area contributed by atoms with Gasteiger partial charge in [-0.3, -0.25) is 0 Å². The van der Waals surface area contributed by atoms with E-state index in [2.05, 4.69) is 6.92 Å². The Balaban J connectivity index is 0. The number of unbranched alkanes of at least 4 members (excludes halogenated alkanes) is 9. The zero-order valence-electron chi connectivity index (χ0n) is 9.76. The predicted molar refractivity (Wildman–Crippen MR) is 66.7 cm³/mol. The maximum Gasteiger partial charge on any atom is 0 e. The Morgan fingerprint density at radius 3 is 1.36 bits per heavy atom. The summed E-state index contributed by atoms with van der Waals surface area (Å²) in [4.78, 5) is 0. The Morgan fingerprint density at radius 2 is 1.00 bits per heavy atom. The van der Waals surface area contributed by atoms with Crippen LogP contribution in [0.1, 0.15) is 71.1 Å². The van der Waals surface area contributed by atoms with E-state index in [0.29, 0.717) is 0 Å². The zero-order valence-corrected chi connectivity index (χ0v) is 12.1. The Morgan fingerprint density at radius 1 is 0.643 bits per heavy atom. The normalized spacial score (nSPS) is 9.86. The molecule has 0 fully saturated rings. The molecule has 0 aliphatic heterocycles. The second-order valence-corrected chi connectivity index (χ2v) is 3.97. The van der Waals surface area contributed by atoms with E-state index in [0.717, 1.165) is 6.54 Å². The first-order valence-corrected chi connectivity index (χ1v) is 6.12. The molecule has 2 radical (unpaired) electrons. The summed E-state index contributed by atoms with van der Waals surface area (Å²) < 4.78 is 0. The molecule has 0 bridgehead atoms. The molecule has 2 heteroatoms. The molecule has 0 aromatic carbocycles. The second-order valence-electron chi connectivity index (χ2n) is 3.97. The van der Waals surface area contributed by atoms with Crippen LogP contribution in [0.3, 0.4) is 0 Å². The summed E-state index contributed by atoms with van der Waals surface area (Å²) in [5.41, 5.74) is 5.42. The Labute approximate surface area is 107 Å². The van der Waals surface area contributed by atoms with Crippen molar-refractivity contribution in [1.82, 2.24) is 0 Å². The van der Waals surface area contributed by atoms with Crippen LogP contribution in [0.15, 0.2) is 0 Å². The van der Waals surface area contributed by atoms with Gasteiger partial charge in [-0.15, -0.1) is 0 Å². The third-order valence-electron chi connectivity index (χ3n) is 2.56. The van der Waals surface area contributed by atoms with Gasteiger partial charge in [0, 0.05) is 23.7 Å². The van der Waals surface area contributed by atoms with E-state index in [1.807, 2.05) is 0 Å². The van der Waals surface area contributed by atoms with Crippen LogP contribution < -0.4 is 5.73 Å². The first-order valence-electron chi connectivity index (χ1n) is 6.12. The predicted octanol–water partition coefficient (Wildman–Crippen LogP) is 3.49. The molecule has 0 rings (SSSR count). The minimum absolute atomic E-state index is 0. The molecule has 0 amide bonds. The molecule has 0 saturated heterocycles. The fourth-order valence-corrected chi connectivity index (χ4v) is 1.63. The van der Waals surface area contributed by atoms with Crippen molar-refractivity contribution < 1.29 is 0 Å². The van der Waals surface area contributed by atoms with Crippen LogP contribution in [0, 0.1) is 0 Å². The van der Waals surface area contributed by atoms with Gasteiger partial charge in [-0.2, -0.15) is 0 Å². The summed E-state index contributed by atoms with van der Waals surface area (Å²) in [7, 11) is 0. The van der Waals surface area contributed by atoms with Gasteiger partial charge in [0.15, 0.2) is 0 Å². The van der Waals surface area contributed by atoms with Gasteiger partial charge in [-0.05, 0) is 13.0 Å². The van der Waals surface area contributed by atoms with Crippen molar-refractivity contribution in [3.8, 4) is 0 Å². The maximum atomic E-state index is 5.42. The van der Waals surface area contributed by atoms with Crippen LogP contribution in [-0.4, -0.2) is 30.2 Å². The Hall–Kier alpha value is 0.750. The minimum atomic E-state index is 0. The van der Waals surface area contributed by atoms with Gasteiger partial charge in [0.05, 0.1) is 0 Å². The van der Waals surface area contributed by atoms with E-state index in [1.165, 1.54) is 64.2 Å². The van der Waals surface area contributed by atoms with E-state index >= 15 is 0 Å². The second kappa shape index (κ2) is 16.2.